The Hall–Kier alpha value is -1.43. The molecular formula is C12H15N3OS. The maximum Gasteiger partial charge on any atom is 0.137 e. The number of nitrogens with two attached hydrogens (primary N) is 1. The fourth-order valence-corrected chi connectivity index (χ4v) is 2.61. The number of hydrogen-bond donors (Lipinski definition) is 2. The molecule has 0 saturated carbocycles. The quantitative estimate of drug-likeness (QED) is 0.643. The van der Waals surface area contributed by atoms with E-state index in [-0.39, 0.29) is 6.04 Å². The van der Waals surface area contributed by atoms with Crippen molar-refractivity contribution in [2.75, 3.05) is 7.11 Å². The van der Waals surface area contributed by atoms with Crippen molar-refractivity contribution < 1.29 is 4.74 Å². The summed E-state index contributed by atoms with van der Waals surface area (Å²) >= 11 is 1.67. The number of aryl methyl sites for hydroxylation is 1. The van der Waals surface area contributed by atoms with Crippen LogP contribution in [0.5, 0.6) is 5.75 Å². The van der Waals surface area contributed by atoms with Gasteiger partial charge < -0.3 is 4.74 Å². The van der Waals surface area contributed by atoms with E-state index >= 15 is 0 Å². The molecule has 2 heterocycles. The molecule has 2 rings (SSSR count). The molecule has 0 fully saturated rings. The first-order valence-electron chi connectivity index (χ1n) is 5.24. The number of rotatable bonds is 4. The van der Waals surface area contributed by atoms with Gasteiger partial charge in [-0.15, -0.1) is 0 Å². The fourth-order valence-electron chi connectivity index (χ4n) is 1.74. The molecule has 0 aliphatic rings. The van der Waals surface area contributed by atoms with Crippen LogP contribution in [0.4, 0.5) is 0 Å². The van der Waals surface area contributed by atoms with Crippen molar-refractivity contribution in [1.29, 1.82) is 0 Å². The Morgan fingerprint density at radius 2 is 2.24 bits per heavy atom. The number of nitrogens with zero attached hydrogens (tertiary/aromatic N) is 1. The number of pyridine rings is 1. The van der Waals surface area contributed by atoms with Crippen molar-refractivity contribution in [2.45, 2.75) is 13.0 Å². The van der Waals surface area contributed by atoms with Crippen molar-refractivity contribution in [2.24, 2.45) is 5.84 Å². The van der Waals surface area contributed by atoms with Gasteiger partial charge in [0.2, 0.25) is 0 Å². The van der Waals surface area contributed by atoms with Crippen LogP contribution in [0.25, 0.3) is 0 Å². The number of aromatic nitrogens is 1. The first-order valence-corrected chi connectivity index (χ1v) is 6.18. The van der Waals surface area contributed by atoms with Gasteiger partial charge in [-0.3, -0.25) is 10.8 Å². The van der Waals surface area contributed by atoms with Crippen LogP contribution in [0.1, 0.15) is 22.7 Å². The third kappa shape index (κ3) is 2.46. The van der Waals surface area contributed by atoms with Crippen molar-refractivity contribution >= 4 is 11.3 Å². The molecular weight excluding hydrogens is 234 g/mol. The van der Waals surface area contributed by atoms with Gasteiger partial charge in [0.1, 0.15) is 5.75 Å². The number of thiophene rings is 1. The minimum absolute atomic E-state index is 0.0520. The second kappa shape index (κ2) is 5.27. The van der Waals surface area contributed by atoms with Crippen molar-refractivity contribution in [3.05, 3.63) is 45.9 Å². The molecule has 2 aromatic heterocycles. The largest absolute Gasteiger partial charge is 0.495 e. The van der Waals surface area contributed by atoms with Gasteiger partial charge in [-0.1, -0.05) is 0 Å². The lowest BCUT2D eigenvalue weighted by atomic mass is 10.0. The average Bonchev–Trinajstić information content (AvgIpc) is 2.77. The van der Waals surface area contributed by atoms with Gasteiger partial charge >= 0.3 is 0 Å². The van der Waals surface area contributed by atoms with Crippen LogP contribution >= 0.6 is 11.3 Å². The van der Waals surface area contributed by atoms with Crippen LogP contribution in [0.15, 0.2) is 29.2 Å². The molecule has 0 bridgehead atoms. The second-order valence-electron chi connectivity index (χ2n) is 3.77. The maximum atomic E-state index is 5.64. The van der Waals surface area contributed by atoms with Gasteiger partial charge in [0, 0.05) is 6.20 Å². The van der Waals surface area contributed by atoms with E-state index in [1.54, 1.807) is 30.8 Å². The molecule has 5 heteroatoms. The van der Waals surface area contributed by atoms with Gasteiger partial charge in [0.05, 0.1) is 19.3 Å². The van der Waals surface area contributed by atoms with E-state index < -0.39 is 0 Å². The highest BCUT2D eigenvalue weighted by Crippen LogP contribution is 2.28. The SMILES string of the molecule is COc1cncc(C(NN)c2cscc2C)c1. The predicted octanol–water partition coefficient (Wildman–Crippen LogP) is 2.01. The van der Waals surface area contributed by atoms with E-state index in [9.17, 15) is 0 Å². The van der Waals surface area contributed by atoms with Crippen LogP contribution in [0.2, 0.25) is 0 Å². The monoisotopic (exact) mass is 249 g/mol. The minimum atomic E-state index is -0.0520. The van der Waals surface area contributed by atoms with E-state index in [0.717, 1.165) is 11.3 Å². The second-order valence-corrected chi connectivity index (χ2v) is 4.51. The summed E-state index contributed by atoms with van der Waals surface area (Å²) in [6.45, 7) is 2.07. The zero-order valence-corrected chi connectivity index (χ0v) is 10.6. The number of nitrogens with one attached hydrogen (secondary N) is 1. The Balaban J connectivity index is 2.38. The normalized spacial score (nSPS) is 12.4. The van der Waals surface area contributed by atoms with Gasteiger partial charge in [-0.05, 0) is 40.4 Å². The lowest BCUT2D eigenvalue weighted by molar-refractivity contribution is 0.411. The third-order valence-electron chi connectivity index (χ3n) is 2.68. The summed E-state index contributed by atoms with van der Waals surface area (Å²) in [5, 5.41) is 4.20. The van der Waals surface area contributed by atoms with Gasteiger partial charge in [0.25, 0.3) is 0 Å². The zero-order valence-electron chi connectivity index (χ0n) is 9.81. The van der Waals surface area contributed by atoms with Crippen LogP contribution in [0.3, 0.4) is 0 Å². The Labute approximate surface area is 104 Å². The minimum Gasteiger partial charge on any atom is -0.495 e. The summed E-state index contributed by atoms with van der Waals surface area (Å²) in [6.07, 6.45) is 3.47. The van der Waals surface area contributed by atoms with Crippen LogP contribution in [0, 0.1) is 6.92 Å². The average molecular weight is 249 g/mol. The molecule has 17 heavy (non-hydrogen) atoms. The van der Waals surface area contributed by atoms with Gasteiger partial charge in [-0.2, -0.15) is 11.3 Å². The Kier molecular flexibility index (Phi) is 3.73. The third-order valence-corrected chi connectivity index (χ3v) is 3.56. The van der Waals surface area contributed by atoms with Crippen LogP contribution in [-0.2, 0) is 0 Å². The van der Waals surface area contributed by atoms with Crippen molar-refractivity contribution in [3.8, 4) is 5.75 Å². The predicted molar refractivity (Wildman–Crippen MR) is 69.0 cm³/mol. The lowest BCUT2D eigenvalue weighted by Crippen LogP contribution is -2.29. The molecule has 0 aliphatic heterocycles. The lowest BCUT2D eigenvalue weighted by Gasteiger charge is -2.16. The Morgan fingerprint density at radius 1 is 1.41 bits per heavy atom. The molecule has 0 saturated heterocycles. The molecule has 0 aliphatic carbocycles. The molecule has 0 aromatic carbocycles. The number of hydrazine groups is 1. The highest BCUT2D eigenvalue weighted by molar-refractivity contribution is 7.08. The van der Waals surface area contributed by atoms with E-state index in [2.05, 4.69) is 28.1 Å². The van der Waals surface area contributed by atoms with E-state index in [1.807, 2.05) is 6.07 Å². The molecule has 2 aromatic rings. The molecule has 3 N–H and O–H groups in total. The summed E-state index contributed by atoms with van der Waals surface area (Å²) in [4.78, 5) is 4.15. The Bertz CT molecular complexity index is 498. The standard InChI is InChI=1S/C12H15N3OS/c1-8-6-17-7-11(8)12(15-13)9-3-10(16-2)5-14-4-9/h3-7,12,15H,13H2,1-2H3. The summed E-state index contributed by atoms with van der Waals surface area (Å²) in [7, 11) is 1.63. The highest BCUT2D eigenvalue weighted by atomic mass is 32.1. The zero-order chi connectivity index (χ0) is 12.3. The topological polar surface area (TPSA) is 60.2 Å². The maximum absolute atomic E-state index is 5.64. The summed E-state index contributed by atoms with van der Waals surface area (Å²) < 4.78 is 5.17. The fraction of sp³-hybridized carbons (Fsp3) is 0.250. The van der Waals surface area contributed by atoms with Crippen molar-refractivity contribution in [3.63, 3.8) is 0 Å². The van der Waals surface area contributed by atoms with E-state index in [1.165, 1.54) is 11.1 Å². The molecule has 0 spiro atoms. The van der Waals surface area contributed by atoms with E-state index in [4.69, 9.17) is 10.6 Å². The van der Waals surface area contributed by atoms with Crippen LogP contribution in [-0.4, -0.2) is 12.1 Å². The summed E-state index contributed by atoms with van der Waals surface area (Å²) in [5.74, 6) is 6.37. The first kappa shape index (κ1) is 12.0. The van der Waals surface area contributed by atoms with Crippen molar-refractivity contribution in [1.82, 2.24) is 10.4 Å². The molecule has 0 amide bonds. The Morgan fingerprint density at radius 3 is 2.82 bits per heavy atom. The number of hydrogen-bond acceptors (Lipinski definition) is 5. The molecule has 1 atom stereocenters. The van der Waals surface area contributed by atoms with E-state index in [0.29, 0.717) is 0 Å². The molecule has 90 valence electrons. The van der Waals surface area contributed by atoms with Gasteiger partial charge in [0.15, 0.2) is 0 Å². The molecule has 1 unspecified atom stereocenters. The smallest absolute Gasteiger partial charge is 0.137 e. The van der Waals surface area contributed by atoms with Crippen LogP contribution < -0.4 is 16.0 Å². The van der Waals surface area contributed by atoms with Gasteiger partial charge in [-0.25, -0.2) is 5.43 Å². The first-order chi connectivity index (χ1) is 8.26. The highest BCUT2D eigenvalue weighted by Gasteiger charge is 2.16. The summed E-state index contributed by atoms with van der Waals surface area (Å²) in [5.41, 5.74) is 6.21. The number of ether oxygens (including phenoxy) is 1. The number of methoxy groups -OCH3 is 1. The summed E-state index contributed by atoms with van der Waals surface area (Å²) in [6, 6.07) is 1.89. The molecule has 4 nitrogen and oxygen atoms in total. The molecule has 0 radical (unpaired) electrons.